The number of nitrogens with zero attached hydrogens (tertiary/aromatic N) is 2. The van der Waals surface area contributed by atoms with Crippen LogP contribution in [-0.4, -0.2) is 27.9 Å². The van der Waals surface area contributed by atoms with Gasteiger partial charge in [-0.2, -0.15) is 5.10 Å². The van der Waals surface area contributed by atoms with Crippen LogP contribution in [0.3, 0.4) is 0 Å². The number of hydrogen-bond acceptors (Lipinski definition) is 3. The number of hydrogen-bond donors (Lipinski definition) is 2. The number of aromatic amines is 1. The lowest BCUT2D eigenvalue weighted by molar-refractivity contribution is 0.333. The summed E-state index contributed by atoms with van der Waals surface area (Å²) in [6.07, 6.45) is 3.56. The van der Waals surface area contributed by atoms with Gasteiger partial charge in [0.05, 0.1) is 0 Å². The molecule has 1 aliphatic heterocycles. The molecule has 5 heteroatoms. The largest absolute Gasteiger partial charge is 0.343 e. The zero-order chi connectivity index (χ0) is 10.7. The monoisotopic (exact) mass is 210 g/mol. The van der Waals surface area contributed by atoms with Crippen molar-refractivity contribution < 1.29 is 0 Å². The third-order valence-corrected chi connectivity index (χ3v) is 2.94. The quantitative estimate of drug-likeness (QED) is 0.752. The molecule has 1 fully saturated rings. The van der Waals surface area contributed by atoms with Gasteiger partial charge in [-0.25, -0.2) is 9.48 Å². The van der Waals surface area contributed by atoms with Gasteiger partial charge in [0.25, 0.3) is 0 Å². The van der Waals surface area contributed by atoms with Crippen LogP contribution in [0.25, 0.3) is 0 Å². The van der Waals surface area contributed by atoms with Crippen molar-refractivity contribution in [3.63, 3.8) is 0 Å². The normalized spacial score (nSPS) is 21.8. The molecule has 1 saturated heterocycles. The van der Waals surface area contributed by atoms with E-state index in [1.165, 1.54) is 17.5 Å². The molecule has 0 aliphatic carbocycles. The molecule has 15 heavy (non-hydrogen) atoms. The van der Waals surface area contributed by atoms with E-state index in [0.717, 1.165) is 26.1 Å². The number of aromatic nitrogens is 3. The molecule has 0 saturated carbocycles. The second-order valence-electron chi connectivity index (χ2n) is 4.24. The van der Waals surface area contributed by atoms with Gasteiger partial charge in [0.1, 0.15) is 5.82 Å². The Labute approximate surface area is 88.9 Å². The fourth-order valence-electron chi connectivity index (χ4n) is 2.10. The molecule has 1 aliphatic rings. The van der Waals surface area contributed by atoms with Crippen LogP contribution in [0.2, 0.25) is 0 Å². The van der Waals surface area contributed by atoms with Crippen molar-refractivity contribution >= 4 is 0 Å². The summed E-state index contributed by atoms with van der Waals surface area (Å²) < 4.78 is 1.53. The van der Waals surface area contributed by atoms with Gasteiger partial charge >= 0.3 is 5.69 Å². The minimum atomic E-state index is -0.0868. The SMILES string of the molecule is Cc1nn(CCC2CCCNC2)c(=O)[nH]1. The molecule has 2 N–H and O–H groups in total. The first kappa shape index (κ1) is 10.4. The first-order valence-electron chi connectivity index (χ1n) is 5.60. The molecule has 1 aromatic rings. The van der Waals surface area contributed by atoms with Crippen LogP contribution in [0.4, 0.5) is 0 Å². The van der Waals surface area contributed by atoms with Gasteiger partial charge in [0.2, 0.25) is 0 Å². The molecule has 2 rings (SSSR count). The molecule has 0 spiro atoms. The summed E-state index contributed by atoms with van der Waals surface area (Å²) in [5, 5.41) is 7.50. The Morgan fingerprint density at radius 3 is 3.07 bits per heavy atom. The number of H-pyrrole nitrogens is 1. The van der Waals surface area contributed by atoms with Crippen molar-refractivity contribution in [2.24, 2.45) is 5.92 Å². The Hall–Kier alpha value is -1.10. The molecule has 2 heterocycles. The highest BCUT2D eigenvalue weighted by Gasteiger charge is 2.13. The number of piperidine rings is 1. The molecular formula is C10H18N4O. The van der Waals surface area contributed by atoms with Gasteiger partial charge in [0, 0.05) is 6.54 Å². The Bertz CT molecular complexity index is 362. The summed E-state index contributed by atoms with van der Waals surface area (Å²) in [7, 11) is 0. The van der Waals surface area contributed by atoms with Gasteiger partial charge in [0.15, 0.2) is 0 Å². The van der Waals surface area contributed by atoms with Crippen molar-refractivity contribution in [2.45, 2.75) is 32.7 Å². The summed E-state index contributed by atoms with van der Waals surface area (Å²) in [6, 6.07) is 0. The van der Waals surface area contributed by atoms with E-state index >= 15 is 0 Å². The van der Waals surface area contributed by atoms with E-state index in [1.807, 2.05) is 0 Å². The van der Waals surface area contributed by atoms with Crippen LogP contribution in [0.5, 0.6) is 0 Å². The summed E-state index contributed by atoms with van der Waals surface area (Å²) >= 11 is 0. The average molecular weight is 210 g/mol. The average Bonchev–Trinajstić information content (AvgIpc) is 2.56. The maximum Gasteiger partial charge on any atom is 0.343 e. The van der Waals surface area contributed by atoms with Crippen LogP contribution >= 0.6 is 0 Å². The molecule has 1 aromatic heterocycles. The van der Waals surface area contributed by atoms with E-state index in [1.54, 1.807) is 6.92 Å². The van der Waals surface area contributed by atoms with Gasteiger partial charge < -0.3 is 5.32 Å². The molecule has 0 amide bonds. The van der Waals surface area contributed by atoms with E-state index in [-0.39, 0.29) is 5.69 Å². The summed E-state index contributed by atoms with van der Waals surface area (Å²) in [6.45, 7) is 4.76. The van der Waals surface area contributed by atoms with Crippen LogP contribution in [0.15, 0.2) is 4.79 Å². The van der Waals surface area contributed by atoms with Gasteiger partial charge in [-0.05, 0) is 45.2 Å². The fourth-order valence-corrected chi connectivity index (χ4v) is 2.10. The zero-order valence-electron chi connectivity index (χ0n) is 9.12. The number of aryl methyl sites for hydroxylation is 2. The van der Waals surface area contributed by atoms with Crippen LogP contribution in [0.1, 0.15) is 25.1 Å². The molecule has 0 radical (unpaired) electrons. The summed E-state index contributed by atoms with van der Waals surface area (Å²) in [5.41, 5.74) is -0.0868. The minimum Gasteiger partial charge on any atom is -0.316 e. The lowest BCUT2D eigenvalue weighted by atomic mass is 9.96. The third-order valence-electron chi connectivity index (χ3n) is 2.94. The predicted molar refractivity (Wildman–Crippen MR) is 57.8 cm³/mol. The fraction of sp³-hybridized carbons (Fsp3) is 0.800. The Morgan fingerprint density at radius 2 is 2.47 bits per heavy atom. The number of rotatable bonds is 3. The topological polar surface area (TPSA) is 62.7 Å². The summed E-state index contributed by atoms with van der Waals surface area (Å²) in [4.78, 5) is 14.0. The van der Waals surface area contributed by atoms with Crippen LogP contribution in [0, 0.1) is 12.8 Å². The zero-order valence-corrected chi connectivity index (χ0v) is 9.12. The van der Waals surface area contributed by atoms with E-state index in [4.69, 9.17) is 0 Å². The predicted octanol–water partition coefficient (Wildman–Crippen LogP) is 0.270. The standard InChI is InChI=1S/C10H18N4O/c1-8-12-10(15)14(13-8)6-4-9-3-2-5-11-7-9/h9,11H,2-7H2,1H3,(H,12,13,15). The Morgan fingerprint density at radius 1 is 1.60 bits per heavy atom. The molecule has 1 unspecified atom stereocenters. The molecule has 0 aromatic carbocycles. The highest BCUT2D eigenvalue weighted by Crippen LogP contribution is 2.14. The Balaban J connectivity index is 1.87. The number of nitrogens with one attached hydrogen (secondary N) is 2. The van der Waals surface area contributed by atoms with E-state index < -0.39 is 0 Å². The molecule has 1 atom stereocenters. The summed E-state index contributed by atoms with van der Waals surface area (Å²) in [5.74, 6) is 1.39. The van der Waals surface area contributed by atoms with Gasteiger partial charge in [-0.15, -0.1) is 0 Å². The first-order chi connectivity index (χ1) is 7.25. The third kappa shape index (κ3) is 2.68. The molecule has 0 bridgehead atoms. The lowest BCUT2D eigenvalue weighted by Gasteiger charge is -2.22. The van der Waals surface area contributed by atoms with Crippen molar-refractivity contribution in [2.75, 3.05) is 13.1 Å². The van der Waals surface area contributed by atoms with Crippen molar-refractivity contribution in [3.05, 3.63) is 16.3 Å². The van der Waals surface area contributed by atoms with E-state index in [2.05, 4.69) is 15.4 Å². The van der Waals surface area contributed by atoms with Crippen LogP contribution < -0.4 is 11.0 Å². The highest BCUT2D eigenvalue weighted by atomic mass is 16.1. The van der Waals surface area contributed by atoms with E-state index in [9.17, 15) is 4.79 Å². The lowest BCUT2D eigenvalue weighted by Crippen LogP contribution is -2.31. The molecule has 5 nitrogen and oxygen atoms in total. The Kier molecular flexibility index (Phi) is 3.20. The first-order valence-corrected chi connectivity index (χ1v) is 5.60. The van der Waals surface area contributed by atoms with Crippen molar-refractivity contribution in [1.29, 1.82) is 0 Å². The second kappa shape index (κ2) is 4.61. The van der Waals surface area contributed by atoms with Crippen molar-refractivity contribution in [1.82, 2.24) is 20.1 Å². The van der Waals surface area contributed by atoms with Crippen molar-refractivity contribution in [3.8, 4) is 0 Å². The second-order valence-corrected chi connectivity index (χ2v) is 4.24. The van der Waals surface area contributed by atoms with Gasteiger partial charge in [-0.3, -0.25) is 4.98 Å². The maximum atomic E-state index is 11.3. The highest BCUT2D eigenvalue weighted by molar-refractivity contribution is 4.77. The van der Waals surface area contributed by atoms with E-state index in [0.29, 0.717) is 11.7 Å². The smallest absolute Gasteiger partial charge is 0.316 e. The van der Waals surface area contributed by atoms with Gasteiger partial charge in [-0.1, -0.05) is 0 Å². The minimum absolute atomic E-state index is 0.0868. The maximum absolute atomic E-state index is 11.3. The van der Waals surface area contributed by atoms with Crippen LogP contribution in [-0.2, 0) is 6.54 Å². The molecule has 84 valence electrons. The molecular weight excluding hydrogens is 192 g/mol.